The van der Waals surface area contributed by atoms with Crippen LogP contribution in [-0.4, -0.2) is 42.4 Å². The zero-order chi connectivity index (χ0) is 22.5. The SMILES string of the molecule is OC1O[C@@H]2COC(c3ccccc3)O[C@@H]2[C@H](OCc2ccccc2)[C@H]1OCc1ccccc1. The average Bonchev–Trinajstić information content (AvgIpc) is 2.88. The van der Waals surface area contributed by atoms with E-state index in [0.29, 0.717) is 13.2 Å². The molecule has 6 heteroatoms. The van der Waals surface area contributed by atoms with Crippen LogP contribution in [0.15, 0.2) is 91.0 Å². The predicted octanol–water partition coefficient (Wildman–Crippen LogP) is 3.99. The molecule has 0 radical (unpaired) electrons. The fraction of sp³-hybridized carbons (Fsp3) is 0.333. The molecule has 0 amide bonds. The molecule has 0 saturated carbocycles. The Morgan fingerprint density at radius 3 is 1.85 bits per heavy atom. The number of fused-ring (bicyclic) bond motifs is 1. The van der Waals surface area contributed by atoms with Crippen LogP contribution in [0.3, 0.4) is 0 Å². The van der Waals surface area contributed by atoms with Gasteiger partial charge in [-0.15, -0.1) is 0 Å². The first-order valence-corrected chi connectivity index (χ1v) is 11.2. The molecule has 5 rings (SSSR count). The molecular weight excluding hydrogens is 420 g/mol. The van der Waals surface area contributed by atoms with E-state index in [-0.39, 0.29) is 6.61 Å². The summed E-state index contributed by atoms with van der Waals surface area (Å²) in [6, 6.07) is 29.5. The third kappa shape index (κ3) is 5.33. The lowest BCUT2D eigenvalue weighted by Crippen LogP contribution is -2.63. The molecular formula is C27H28O6. The van der Waals surface area contributed by atoms with E-state index in [0.717, 1.165) is 16.7 Å². The van der Waals surface area contributed by atoms with Crippen molar-refractivity contribution >= 4 is 0 Å². The highest BCUT2D eigenvalue weighted by molar-refractivity contribution is 5.17. The molecule has 2 heterocycles. The number of rotatable bonds is 7. The van der Waals surface area contributed by atoms with Gasteiger partial charge in [0.05, 0.1) is 19.8 Å². The first-order chi connectivity index (χ1) is 16.3. The van der Waals surface area contributed by atoms with Crippen molar-refractivity contribution in [3.05, 3.63) is 108 Å². The van der Waals surface area contributed by atoms with Gasteiger partial charge >= 0.3 is 0 Å². The number of hydrogen-bond donors (Lipinski definition) is 1. The summed E-state index contributed by atoms with van der Waals surface area (Å²) in [5.41, 5.74) is 2.96. The molecule has 6 nitrogen and oxygen atoms in total. The lowest BCUT2D eigenvalue weighted by molar-refractivity contribution is -0.366. The molecule has 0 aromatic heterocycles. The molecule has 0 bridgehead atoms. The van der Waals surface area contributed by atoms with Gasteiger partial charge in [0.2, 0.25) is 0 Å². The van der Waals surface area contributed by atoms with Gasteiger partial charge in [-0.1, -0.05) is 91.0 Å². The quantitative estimate of drug-likeness (QED) is 0.590. The second-order valence-corrected chi connectivity index (χ2v) is 8.26. The van der Waals surface area contributed by atoms with Gasteiger partial charge in [-0.25, -0.2) is 0 Å². The summed E-state index contributed by atoms with van der Waals surface area (Å²) in [6.07, 6.45) is -3.88. The third-order valence-corrected chi connectivity index (χ3v) is 5.94. The fourth-order valence-corrected chi connectivity index (χ4v) is 4.24. The minimum absolute atomic E-state index is 0.290. The minimum Gasteiger partial charge on any atom is -0.368 e. The highest BCUT2D eigenvalue weighted by Crippen LogP contribution is 2.36. The molecule has 33 heavy (non-hydrogen) atoms. The molecule has 3 aromatic rings. The topological polar surface area (TPSA) is 66.4 Å². The lowest BCUT2D eigenvalue weighted by atomic mass is 9.97. The zero-order valence-electron chi connectivity index (χ0n) is 18.2. The molecule has 0 aliphatic carbocycles. The van der Waals surface area contributed by atoms with Crippen molar-refractivity contribution in [2.75, 3.05) is 6.61 Å². The third-order valence-electron chi connectivity index (χ3n) is 5.94. The van der Waals surface area contributed by atoms with Crippen molar-refractivity contribution in [2.45, 2.75) is 50.2 Å². The maximum absolute atomic E-state index is 10.8. The Morgan fingerprint density at radius 2 is 1.24 bits per heavy atom. The summed E-state index contributed by atoms with van der Waals surface area (Å²) in [5.74, 6) is 0. The van der Waals surface area contributed by atoms with Gasteiger partial charge in [0.25, 0.3) is 0 Å². The molecule has 3 aromatic carbocycles. The van der Waals surface area contributed by atoms with Crippen LogP contribution < -0.4 is 0 Å². The van der Waals surface area contributed by atoms with Gasteiger partial charge in [-0.3, -0.25) is 0 Å². The highest BCUT2D eigenvalue weighted by Gasteiger charge is 2.51. The number of ether oxygens (including phenoxy) is 5. The first-order valence-electron chi connectivity index (χ1n) is 11.2. The minimum atomic E-state index is -1.16. The van der Waals surface area contributed by atoms with E-state index >= 15 is 0 Å². The van der Waals surface area contributed by atoms with Crippen LogP contribution in [0.25, 0.3) is 0 Å². The van der Waals surface area contributed by atoms with Gasteiger partial charge in [0, 0.05) is 5.56 Å². The molecule has 2 unspecified atom stereocenters. The Morgan fingerprint density at radius 1 is 0.697 bits per heavy atom. The Balaban J connectivity index is 1.36. The van der Waals surface area contributed by atoms with Gasteiger partial charge in [-0.2, -0.15) is 0 Å². The Hall–Kier alpha value is -2.58. The standard InChI is InChI=1S/C27H28O6/c28-26-25(30-17-20-12-6-2-7-13-20)24(29-16-19-10-4-1-5-11-19)23-22(32-26)18-31-27(33-23)21-14-8-3-9-15-21/h1-15,22-28H,16-18H2/t22-,23+,24+,25-,26?,27?/m1/s1. The van der Waals surface area contributed by atoms with Crippen LogP contribution in [0.4, 0.5) is 0 Å². The largest absolute Gasteiger partial charge is 0.368 e. The maximum atomic E-state index is 10.8. The Bertz CT molecular complexity index is 983. The monoisotopic (exact) mass is 448 g/mol. The van der Waals surface area contributed by atoms with Crippen molar-refractivity contribution in [3.63, 3.8) is 0 Å². The van der Waals surface area contributed by atoms with E-state index in [2.05, 4.69) is 0 Å². The first kappa shape index (κ1) is 22.2. The van der Waals surface area contributed by atoms with E-state index in [4.69, 9.17) is 23.7 Å². The Kier molecular flexibility index (Phi) is 7.12. The molecule has 0 spiro atoms. The summed E-state index contributed by atoms with van der Waals surface area (Å²) >= 11 is 0. The van der Waals surface area contributed by atoms with Crippen molar-refractivity contribution in [2.24, 2.45) is 0 Å². The second-order valence-electron chi connectivity index (χ2n) is 8.26. The van der Waals surface area contributed by atoms with E-state index < -0.39 is 37.0 Å². The summed E-state index contributed by atoms with van der Waals surface area (Å²) in [6.45, 7) is 0.984. The molecule has 1 N–H and O–H groups in total. The normalized spacial score (nSPS) is 29.4. The summed E-state index contributed by atoms with van der Waals surface area (Å²) in [5, 5.41) is 10.8. The molecule has 2 aliphatic heterocycles. The maximum Gasteiger partial charge on any atom is 0.184 e. The molecule has 2 fully saturated rings. The van der Waals surface area contributed by atoms with Gasteiger partial charge < -0.3 is 28.8 Å². The summed E-state index contributed by atoms with van der Waals surface area (Å²) in [4.78, 5) is 0. The van der Waals surface area contributed by atoms with Gasteiger partial charge in [0.15, 0.2) is 12.6 Å². The zero-order valence-corrected chi connectivity index (χ0v) is 18.2. The van der Waals surface area contributed by atoms with Crippen LogP contribution in [0.1, 0.15) is 23.0 Å². The lowest BCUT2D eigenvalue weighted by Gasteiger charge is -2.47. The number of aliphatic hydroxyl groups excluding tert-OH is 1. The molecule has 6 atom stereocenters. The predicted molar refractivity (Wildman–Crippen MR) is 121 cm³/mol. The van der Waals surface area contributed by atoms with E-state index in [9.17, 15) is 5.11 Å². The summed E-state index contributed by atoms with van der Waals surface area (Å²) in [7, 11) is 0. The number of hydrogen-bond acceptors (Lipinski definition) is 6. The van der Waals surface area contributed by atoms with Gasteiger partial charge in [0.1, 0.15) is 24.4 Å². The van der Waals surface area contributed by atoms with E-state index in [1.807, 2.05) is 91.0 Å². The number of aliphatic hydroxyl groups is 1. The van der Waals surface area contributed by atoms with E-state index in [1.165, 1.54) is 0 Å². The van der Waals surface area contributed by atoms with Crippen molar-refractivity contribution in [3.8, 4) is 0 Å². The van der Waals surface area contributed by atoms with Crippen LogP contribution in [0.5, 0.6) is 0 Å². The number of benzene rings is 3. The average molecular weight is 449 g/mol. The van der Waals surface area contributed by atoms with Crippen molar-refractivity contribution < 1.29 is 28.8 Å². The van der Waals surface area contributed by atoms with Crippen LogP contribution >= 0.6 is 0 Å². The molecule has 2 saturated heterocycles. The summed E-state index contributed by atoms with van der Waals surface area (Å²) < 4.78 is 30.6. The Labute approximate surface area is 193 Å². The van der Waals surface area contributed by atoms with Crippen LogP contribution in [0, 0.1) is 0 Å². The fourth-order valence-electron chi connectivity index (χ4n) is 4.24. The second kappa shape index (κ2) is 10.6. The van der Waals surface area contributed by atoms with Crippen molar-refractivity contribution in [1.82, 2.24) is 0 Å². The molecule has 2 aliphatic rings. The smallest absolute Gasteiger partial charge is 0.184 e. The molecule has 172 valence electrons. The van der Waals surface area contributed by atoms with Crippen LogP contribution in [-0.2, 0) is 36.9 Å². The van der Waals surface area contributed by atoms with Gasteiger partial charge in [-0.05, 0) is 11.1 Å². The van der Waals surface area contributed by atoms with Crippen molar-refractivity contribution in [1.29, 1.82) is 0 Å². The van der Waals surface area contributed by atoms with E-state index in [1.54, 1.807) is 0 Å². The highest BCUT2D eigenvalue weighted by atomic mass is 16.7. The van der Waals surface area contributed by atoms with Crippen LogP contribution in [0.2, 0.25) is 0 Å².